The third kappa shape index (κ3) is 4.85. The normalized spacial score (nSPS) is 26.6. The zero-order valence-corrected chi connectivity index (χ0v) is 16.3. The molecule has 3 rings (SSSR count). The number of halogens is 2. The number of nitrogens with zero attached hydrogens (tertiary/aromatic N) is 2. The van der Waals surface area contributed by atoms with Gasteiger partial charge in [0.15, 0.2) is 5.60 Å². The summed E-state index contributed by atoms with van der Waals surface area (Å²) < 4.78 is 26.7. The van der Waals surface area contributed by atoms with Gasteiger partial charge in [0.2, 0.25) is 0 Å². The van der Waals surface area contributed by atoms with Gasteiger partial charge in [-0.3, -0.25) is 9.69 Å². The highest BCUT2D eigenvalue weighted by Gasteiger charge is 2.45. The number of hydrogen-bond donors (Lipinski definition) is 1. The molecule has 150 valence electrons. The van der Waals surface area contributed by atoms with Crippen LogP contribution >= 0.6 is 0 Å². The summed E-state index contributed by atoms with van der Waals surface area (Å²) in [6.07, 6.45) is 0.699. The zero-order valence-electron chi connectivity index (χ0n) is 16.3. The van der Waals surface area contributed by atoms with Gasteiger partial charge in [-0.2, -0.15) is 0 Å². The quantitative estimate of drug-likeness (QED) is 0.852. The van der Waals surface area contributed by atoms with Gasteiger partial charge in [0.25, 0.3) is 11.8 Å². The number of carbonyl (C=O) groups is 1. The first kappa shape index (κ1) is 20.2. The summed E-state index contributed by atoms with van der Waals surface area (Å²) in [6, 6.07) is 8.22. The molecule has 1 aromatic carbocycles. The fourth-order valence-corrected chi connectivity index (χ4v) is 4.00. The van der Waals surface area contributed by atoms with Crippen LogP contribution < -0.4 is 0 Å². The Morgan fingerprint density at radius 1 is 1.07 bits per heavy atom. The Bertz CT molecular complexity index is 653. The Kier molecular flexibility index (Phi) is 5.87. The maximum atomic E-state index is 13.3. The van der Waals surface area contributed by atoms with Crippen LogP contribution in [-0.4, -0.2) is 58.5 Å². The molecule has 0 aliphatic carbocycles. The predicted molar refractivity (Wildman–Crippen MR) is 101 cm³/mol. The van der Waals surface area contributed by atoms with Gasteiger partial charge in [-0.15, -0.1) is 0 Å². The van der Waals surface area contributed by atoms with Crippen molar-refractivity contribution < 1.29 is 18.7 Å². The van der Waals surface area contributed by atoms with Crippen LogP contribution in [0.2, 0.25) is 0 Å². The second kappa shape index (κ2) is 7.84. The van der Waals surface area contributed by atoms with Gasteiger partial charge < -0.3 is 10.0 Å². The lowest BCUT2D eigenvalue weighted by Gasteiger charge is -2.42. The van der Waals surface area contributed by atoms with E-state index >= 15 is 0 Å². The van der Waals surface area contributed by atoms with Crippen LogP contribution in [0.5, 0.6) is 0 Å². The van der Waals surface area contributed by atoms with E-state index in [1.165, 1.54) is 5.56 Å². The number of rotatable bonds is 5. The number of likely N-dealkylation sites (tertiary alicyclic amines) is 2. The lowest BCUT2D eigenvalue weighted by Crippen LogP contribution is -2.59. The van der Waals surface area contributed by atoms with Crippen molar-refractivity contribution in [3.05, 3.63) is 35.4 Å². The second-order valence-electron chi connectivity index (χ2n) is 8.39. The number of alkyl halides is 2. The lowest BCUT2D eigenvalue weighted by atomic mass is 9.90. The van der Waals surface area contributed by atoms with E-state index in [0.29, 0.717) is 25.4 Å². The molecular weight excluding hydrogens is 350 g/mol. The predicted octanol–water partition coefficient (Wildman–Crippen LogP) is 3.39. The number of hydrogen-bond acceptors (Lipinski definition) is 3. The van der Waals surface area contributed by atoms with Crippen molar-refractivity contribution in [2.24, 2.45) is 0 Å². The molecule has 1 N–H and O–H groups in total. The van der Waals surface area contributed by atoms with Crippen LogP contribution in [0.1, 0.15) is 56.6 Å². The van der Waals surface area contributed by atoms with E-state index in [2.05, 4.69) is 26.0 Å². The van der Waals surface area contributed by atoms with E-state index in [-0.39, 0.29) is 38.4 Å². The first-order chi connectivity index (χ1) is 12.7. The molecule has 6 heteroatoms. The van der Waals surface area contributed by atoms with Crippen molar-refractivity contribution in [1.82, 2.24) is 9.80 Å². The van der Waals surface area contributed by atoms with E-state index in [0.717, 1.165) is 12.0 Å². The van der Waals surface area contributed by atoms with Gasteiger partial charge in [0, 0.05) is 45.6 Å². The summed E-state index contributed by atoms with van der Waals surface area (Å²) in [4.78, 5) is 16.4. The van der Waals surface area contributed by atoms with E-state index in [1.807, 2.05) is 12.1 Å². The van der Waals surface area contributed by atoms with Crippen molar-refractivity contribution in [3.8, 4) is 0 Å². The van der Waals surface area contributed by atoms with E-state index in [4.69, 9.17) is 0 Å². The molecule has 1 atom stereocenters. The third-order valence-electron chi connectivity index (χ3n) is 5.80. The smallest absolute Gasteiger partial charge is 0.256 e. The van der Waals surface area contributed by atoms with Gasteiger partial charge in [-0.05, 0) is 29.9 Å². The maximum absolute atomic E-state index is 13.3. The lowest BCUT2D eigenvalue weighted by molar-refractivity contribution is -0.162. The minimum Gasteiger partial charge on any atom is -0.379 e. The zero-order chi connectivity index (χ0) is 19.7. The molecule has 2 fully saturated rings. The Hall–Kier alpha value is -1.53. The highest BCUT2D eigenvalue weighted by molar-refractivity contribution is 5.86. The summed E-state index contributed by atoms with van der Waals surface area (Å²) in [7, 11) is 0. The fourth-order valence-electron chi connectivity index (χ4n) is 4.00. The Morgan fingerprint density at radius 2 is 1.70 bits per heavy atom. The monoisotopic (exact) mass is 380 g/mol. The van der Waals surface area contributed by atoms with Crippen molar-refractivity contribution in [3.63, 3.8) is 0 Å². The van der Waals surface area contributed by atoms with Crippen LogP contribution in [0.4, 0.5) is 8.78 Å². The minimum absolute atomic E-state index is 0.144. The molecule has 2 heterocycles. The van der Waals surface area contributed by atoms with Crippen molar-refractivity contribution in [2.45, 2.75) is 63.5 Å². The summed E-state index contributed by atoms with van der Waals surface area (Å²) in [5, 5.41) is 11.0. The number of aliphatic hydroxyl groups is 1. The molecular formula is C21H30F2N2O2. The summed E-state index contributed by atoms with van der Waals surface area (Å²) >= 11 is 0. The Labute approximate surface area is 160 Å². The highest BCUT2D eigenvalue weighted by Crippen LogP contribution is 2.31. The number of piperidine rings is 2. The Morgan fingerprint density at radius 3 is 2.30 bits per heavy atom. The van der Waals surface area contributed by atoms with Gasteiger partial charge in [-0.25, -0.2) is 8.78 Å². The number of β-amino-alcohol motifs (C(OH)–C–C–N with tert-alkyl or cyclic N) is 1. The van der Waals surface area contributed by atoms with Gasteiger partial charge in [0.1, 0.15) is 0 Å². The molecule has 4 nitrogen and oxygen atoms in total. The molecule has 0 radical (unpaired) electrons. The SMILES string of the molecule is CC(C)c1ccc(CN2CCCC(O)(CN3CCC(F)(F)CC3)C2=O)cc1. The minimum atomic E-state index is -2.62. The number of benzene rings is 1. The van der Waals surface area contributed by atoms with Crippen LogP contribution in [0.3, 0.4) is 0 Å². The standard InChI is InChI=1S/C21H30F2N2O2/c1-16(2)18-6-4-17(5-7-18)14-25-11-3-8-20(27,19(25)26)15-24-12-9-21(22,23)10-13-24/h4-7,16,27H,3,8-15H2,1-2H3. The molecule has 0 aromatic heterocycles. The Balaban J connectivity index is 1.62. The first-order valence-corrected chi connectivity index (χ1v) is 9.89. The van der Waals surface area contributed by atoms with Crippen molar-refractivity contribution in [1.29, 1.82) is 0 Å². The summed E-state index contributed by atoms with van der Waals surface area (Å²) in [5.41, 5.74) is 0.819. The molecule has 1 amide bonds. The summed E-state index contributed by atoms with van der Waals surface area (Å²) in [6.45, 7) is 5.95. The topological polar surface area (TPSA) is 43.8 Å². The fraction of sp³-hybridized carbons (Fsp3) is 0.667. The highest BCUT2D eigenvalue weighted by atomic mass is 19.3. The van der Waals surface area contributed by atoms with Crippen LogP contribution in [-0.2, 0) is 11.3 Å². The largest absolute Gasteiger partial charge is 0.379 e. The molecule has 2 aliphatic rings. The molecule has 1 unspecified atom stereocenters. The molecule has 27 heavy (non-hydrogen) atoms. The molecule has 2 aliphatic heterocycles. The van der Waals surface area contributed by atoms with Gasteiger partial charge >= 0.3 is 0 Å². The van der Waals surface area contributed by atoms with Crippen molar-refractivity contribution >= 4 is 5.91 Å². The average Bonchev–Trinajstić information content (AvgIpc) is 2.61. The van der Waals surface area contributed by atoms with Crippen LogP contribution in [0.25, 0.3) is 0 Å². The molecule has 1 aromatic rings. The molecule has 0 bridgehead atoms. The second-order valence-corrected chi connectivity index (χ2v) is 8.39. The first-order valence-electron chi connectivity index (χ1n) is 9.89. The maximum Gasteiger partial charge on any atom is 0.256 e. The molecule has 0 saturated carbocycles. The van der Waals surface area contributed by atoms with Crippen LogP contribution in [0, 0.1) is 0 Å². The average molecular weight is 380 g/mol. The van der Waals surface area contributed by atoms with Gasteiger partial charge in [0.05, 0.1) is 0 Å². The number of carbonyl (C=O) groups excluding carboxylic acids is 1. The van der Waals surface area contributed by atoms with E-state index in [9.17, 15) is 18.7 Å². The third-order valence-corrected chi connectivity index (χ3v) is 5.80. The van der Waals surface area contributed by atoms with E-state index < -0.39 is 11.5 Å². The number of amides is 1. The molecule has 0 spiro atoms. The van der Waals surface area contributed by atoms with Crippen LogP contribution in [0.15, 0.2) is 24.3 Å². The van der Waals surface area contributed by atoms with E-state index in [1.54, 1.807) is 9.80 Å². The summed E-state index contributed by atoms with van der Waals surface area (Å²) in [5.74, 6) is -2.44. The van der Waals surface area contributed by atoms with Crippen molar-refractivity contribution in [2.75, 3.05) is 26.2 Å². The van der Waals surface area contributed by atoms with Gasteiger partial charge in [-0.1, -0.05) is 38.1 Å². The molecule has 2 saturated heterocycles.